The second-order valence-corrected chi connectivity index (χ2v) is 6.17. The van der Waals surface area contributed by atoms with Gasteiger partial charge in [-0.05, 0) is 40.5 Å². The van der Waals surface area contributed by atoms with E-state index in [0.29, 0.717) is 19.0 Å². The number of hydrogen-bond acceptors (Lipinski definition) is 3. The Kier molecular flexibility index (Phi) is 3.97. The van der Waals surface area contributed by atoms with E-state index in [9.17, 15) is 4.79 Å². The summed E-state index contributed by atoms with van der Waals surface area (Å²) in [6, 6.07) is 0.464. The molecular weight excluding hydrogens is 202 g/mol. The zero-order valence-electron chi connectivity index (χ0n) is 10.9. The van der Waals surface area contributed by atoms with Gasteiger partial charge in [-0.3, -0.25) is 4.79 Å². The van der Waals surface area contributed by atoms with E-state index in [1.165, 1.54) is 0 Å². The van der Waals surface area contributed by atoms with Gasteiger partial charge in [0.1, 0.15) is 0 Å². The normalized spacial score (nSPS) is 24.2. The topological polar surface area (TPSA) is 67.1 Å². The number of carbonyl (C=O) groups is 1. The molecule has 0 aromatic rings. The minimum atomic E-state index is -0.236. The molecule has 0 unspecified atom stereocenters. The fourth-order valence-corrected chi connectivity index (χ4v) is 2.87. The zero-order valence-corrected chi connectivity index (χ0v) is 10.9. The first kappa shape index (κ1) is 13.5. The maximum absolute atomic E-state index is 10.7. The van der Waals surface area contributed by atoms with E-state index in [-0.39, 0.29) is 17.0 Å². The number of nitrogens with one attached hydrogen (secondary N) is 2. The number of primary amides is 1. The second-order valence-electron chi connectivity index (χ2n) is 6.17. The van der Waals surface area contributed by atoms with Crippen LogP contribution in [0.3, 0.4) is 0 Å². The summed E-state index contributed by atoms with van der Waals surface area (Å²) < 4.78 is 0. The van der Waals surface area contributed by atoms with Crippen LogP contribution in [0.2, 0.25) is 0 Å². The van der Waals surface area contributed by atoms with Gasteiger partial charge < -0.3 is 16.4 Å². The van der Waals surface area contributed by atoms with Crippen molar-refractivity contribution in [3.63, 3.8) is 0 Å². The van der Waals surface area contributed by atoms with Crippen molar-refractivity contribution in [2.24, 2.45) is 5.73 Å². The van der Waals surface area contributed by atoms with Crippen LogP contribution in [-0.4, -0.2) is 29.6 Å². The Morgan fingerprint density at radius 1 is 1.31 bits per heavy atom. The van der Waals surface area contributed by atoms with Crippen LogP contribution in [-0.2, 0) is 4.79 Å². The van der Waals surface area contributed by atoms with Crippen molar-refractivity contribution >= 4 is 5.91 Å². The Bertz CT molecular complexity index is 245. The van der Waals surface area contributed by atoms with Crippen LogP contribution in [0.1, 0.15) is 47.0 Å². The lowest BCUT2D eigenvalue weighted by Gasteiger charge is -2.46. The molecule has 1 heterocycles. The summed E-state index contributed by atoms with van der Waals surface area (Å²) in [6.07, 6.45) is 2.58. The molecule has 0 atom stereocenters. The van der Waals surface area contributed by atoms with Gasteiger partial charge in [0, 0.05) is 30.1 Å². The highest BCUT2D eigenvalue weighted by atomic mass is 16.1. The predicted octanol–water partition coefficient (Wildman–Crippen LogP) is 0.761. The smallest absolute Gasteiger partial charge is 0.218 e. The molecule has 0 saturated carbocycles. The monoisotopic (exact) mass is 227 g/mol. The molecule has 0 spiro atoms. The first-order valence-corrected chi connectivity index (χ1v) is 6.01. The summed E-state index contributed by atoms with van der Waals surface area (Å²) in [7, 11) is 0. The average Bonchev–Trinajstić information content (AvgIpc) is 1.96. The molecule has 4 N–H and O–H groups in total. The lowest BCUT2D eigenvalue weighted by molar-refractivity contribution is -0.117. The number of piperidine rings is 1. The van der Waals surface area contributed by atoms with Crippen LogP contribution in [0.15, 0.2) is 0 Å². The van der Waals surface area contributed by atoms with Crippen molar-refractivity contribution in [3.8, 4) is 0 Å². The van der Waals surface area contributed by atoms with Crippen LogP contribution in [0.25, 0.3) is 0 Å². The second kappa shape index (κ2) is 4.72. The molecule has 1 amide bonds. The molecule has 4 heteroatoms. The number of amides is 1. The highest BCUT2D eigenvalue weighted by Crippen LogP contribution is 2.28. The van der Waals surface area contributed by atoms with E-state index < -0.39 is 0 Å². The van der Waals surface area contributed by atoms with Crippen LogP contribution in [0, 0.1) is 0 Å². The molecule has 0 radical (unpaired) electrons. The molecule has 0 aromatic heterocycles. The van der Waals surface area contributed by atoms with Crippen LogP contribution in [0.4, 0.5) is 0 Å². The van der Waals surface area contributed by atoms with Gasteiger partial charge in [-0.2, -0.15) is 0 Å². The minimum Gasteiger partial charge on any atom is -0.370 e. The molecule has 0 bridgehead atoms. The van der Waals surface area contributed by atoms with E-state index in [1.807, 2.05) is 0 Å². The summed E-state index contributed by atoms with van der Waals surface area (Å²) >= 11 is 0. The fraction of sp³-hybridized carbons (Fsp3) is 0.917. The summed E-state index contributed by atoms with van der Waals surface area (Å²) in [4.78, 5) is 10.7. The maximum Gasteiger partial charge on any atom is 0.218 e. The van der Waals surface area contributed by atoms with Crippen molar-refractivity contribution < 1.29 is 4.79 Å². The predicted molar refractivity (Wildman–Crippen MR) is 66.1 cm³/mol. The van der Waals surface area contributed by atoms with Crippen molar-refractivity contribution in [2.75, 3.05) is 6.54 Å². The van der Waals surface area contributed by atoms with Gasteiger partial charge >= 0.3 is 0 Å². The minimum absolute atomic E-state index is 0.145. The molecule has 94 valence electrons. The summed E-state index contributed by atoms with van der Waals surface area (Å²) in [5, 5.41) is 7.05. The Morgan fingerprint density at radius 3 is 2.25 bits per heavy atom. The third-order valence-electron chi connectivity index (χ3n) is 2.99. The van der Waals surface area contributed by atoms with Gasteiger partial charge in [-0.25, -0.2) is 0 Å². The van der Waals surface area contributed by atoms with Gasteiger partial charge in [0.05, 0.1) is 0 Å². The third kappa shape index (κ3) is 4.49. The van der Waals surface area contributed by atoms with Gasteiger partial charge in [-0.1, -0.05) is 0 Å². The number of rotatable bonds is 4. The van der Waals surface area contributed by atoms with E-state index >= 15 is 0 Å². The maximum atomic E-state index is 10.7. The molecule has 4 nitrogen and oxygen atoms in total. The van der Waals surface area contributed by atoms with E-state index in [1.54, 1.807) is 0 Å². The largest absolute Gasteiger partial charge is 0.370 e. The van der Waals surface area contributed by atoms with E-state index in [4.69, 9.17) is 5.73 Å². The SMILES string of the molecule is CC1(C)CC(NCCC(N)=O)CC(C)(C)N1. The highest BCUT2D eigenvalue weighted by molar-refractivity contribution is 5.73. The molecular formula is C12H25N3O. The zero-order chi connectivity index (χ0) is 12.4. The number of nitrogens with two attached hydrogens (primary N) is 1. The quantitative estimate of drug-likeness (QED) is 0.664. The van der Waals surface area contributed by atoms with Crippen molar-refractivity contribution in [2.45, 2.75) is 64.1 Å². The molecule has 0 aromatic carbocycles. The molecule has 1 aliphatic rings. The van der Waals surface area contributed by atoms with Gasteiger partial charge in [0.15, 0.2) is 0 Å². The van der Waals surface area contributed by atoms with Gasteiger partial charge in [0.2, 0.25) is 5.91 Å². The fourth-order valence-electron chi connectivity index (χ4n) is 2.87. The molecule has 1 aliphatic heterocycles. The van der Waals surface area contributed by atoms with Gasteiger partial charge in [0.25, 0.3) is 0 Å². The molecule has 16 heavy (non-hydrogen) atoms. The molecule has 1 rings (SSSR count). The molecule has 0 aliphatic carbocycles. The molecule has 1 fully saturated rings. The lowest BCUT2D eigenvalue weighted by Crippen LogP contribution is -2.61. The van der Waals surface area contributed by atoms with Crippen LogP contribution < -0.4 is 16.4 Å². The molecule has 1 saturated heterocycles. The first-order chi connectivity index (χ1) is 7.20. The van der Waals surface area contributed by atoms with E-state index in [2.05, 4.69) is 38.3 Å². The number of carbonyl (C=O) groups excluding carboxylic acids is 1. The van der Waals surface area contributed by atoms with Crippen molar-refractivity contribution in [1.82, 2.24) is 10.6 Å². The van der Waals surface area contributed by atoms with Crippen LogP contribution in [0.5, 0.6) is 0 Å². The van der Waals surface area contributed by atoms with E-state index in [0.717, 1.165) is 12.8 Å². The third-order valence-corrected chi connectivity index (χ3v) is 2.99. The summed E-state index contributed by atoms with van der Waals surface area (Å²) in [5.74, 6) is -0.236. The van der Waals surface area contributed by atoms with Crippen LogP contribution >= 0.6 is 0 Å². The Morgan fingerprint density at radius 2 is 1.81 bits per heavy atom. The average molecular weight is 227 g/mol. The van der Waals surface area contributed by atoms with Crippen molar-refractivity contribution in [3.05, 3.63) is 0 Å². The highest BCUT2D eigenvalue weighted by Gasteiger charge is 2.37. The standard InChI is InChI=1S/C12H25N3O/c1-11(2)7-9(8-12(3,4)15-11)14-6-5-10(13)16/h9,14-15H,5-8H2,1-4H3,(H2,13,16). The Labute approximate surface area is 98.3 Å². The lowest BCUT2D eigenvalue weighted by atomic mass is 9.79. The Hall–Kier alpha value is -0.610. The first-order valence-electron chi connectivity index (χ1n) is 6.01. The summed E-state index contributed by atoms with van der Waals surface area (Å²) in [5.41, 5.74) is 5.41. The Balaban J connectivity index is 2.45. The summed E-state index contributed by atoms with van der Waals surface area (Å²) in [6.45, 7) is 9.56. The van der Waals surface area contributed by atoms with Gasteiger partial charge in [-0.15, -0.1) is 0 Å². The number of hydrogen-bond donors (Lipinski definition) is 3. The van der Waals surface area contributed by atoms with Crippen molar-refractivity contribution in [1.29, 1.82) is 0 Å².